The predicted molar refractivity (Wildman–Crippen MR) is 128 cm³/mol. The van der Waals surface area contributed by atoms with Crippen LogP contribution in [-0.4, -0.2) is 45.8 Å². The van der Waals surface area contributed by atoms with Crippen molar-refractivity contribution in [3.05, 3.63) is 84.4 Å². The fraction of sp³-hybridized carbons (Fsp3) is 0.333. The van der Waals surface area contributed by atoms with E-state index in [4.69, 9.17) is 0 Å². The minimum Gasteiger partial charge on any atom is -0.353 e. The van der Waals surface area contributed by atoms with Gasteiger partial charge in [0, 0.05) is 37.7 Å². The molecule has 170 valence electrons. The number of carbonyl (C=O) groups excluding carboxylic acids is 2. The van der Waals surface area contributed by atoms with E-state index in [1.165, 1.54) is 0 Å². The molecule has 1 fully saturated rings. The Hall–Kier alpha value is -3.54. The number of benzene rings is 1. The predicted octanol–water partition coefficient (Wildman–Crippen LogP) is 4.13. The van der Waals surface area contributed by atoms with Crippen LogP contribution in [0.15, 0.2) is 73.2 Å². The summed E-state index contributed by atoms with van der Waals surface area (Å²) in [6, 6.07) is 17.5. The molecule has 1 atom stereocenters. The molecule has 0 spiro atoms. The first kappa shape index (κ1) is 22.6. The van der Waals surface area contributed by atoms with Crippen molar-refractivity contribution >= 4 is 11.8 Å². The fourth-order valence-electron chi connectivity index (χ4n) is 4.63. The minimum atomic E-state index is -0.712. The van der Waals surface area contributed by atoms with E-state index in [1.54, 1.807) is 35.6 Å². The molecule has 1 N–H and O–H groups in total. The van der Waals surface area contributed by atoms with Gasteiger partial charge < -0.3 is 10.2 Å². The second-order valence-electron chi connectivity index (χ2n) is 9.02. The lowest BCUT2D eigenvalue weighted by Crippen LogP contribution is -2.55. The quantitative estimate of drug-likeness (QED) is 0.623. The van der Waals surface area contributed by atoms with Crippen molar-refractivity contribution in [2.24, 2.45) is 5.41 Å². The van der Waals surface area contributed by atoms with Gasteiger partial charge in [-0.2, -0.15) is 0 Å². The van der Waals surface area contributed by atoms with Crippen molar-refractivity contribution in [2.75, 3.05) is 13.1 Å². The van der Waals surface area contributed by atoms with Crippen molar-refractivity contribution in [3.8, 4) is 11.1 Å². The summed E-state index contributed by atoms with van der Waals surface area (Å²) in [4.78, 5) is 37.0. The van der Waals surface area contributed by atoms with Gasteiger partial charge in [0.1, 0.15) is 5.69 Å². The Kier molecular flexibility index (Phi) is 6.82. The third kappa shape index (κ3) is 5.11. The topological polar surface area (TPSA) is 75.2 Å². The molecule has 2 aromatic heterocycles. The highest BCUT2D eigenvalue weighted by atomic mass is 16.2. The lowest BCUT2D eigenvalue weighted by molar-refractivity contribution is -0.134. The first-order chi connectivity index (χ1) is 16.0. The highest BCUT2D eigenvalue weighted by Gasteiger charge is 2.44. The van der Waals surface area contributed by atoms with Crippen LogP contribution in [0, 0.1) is 5.41 Å². The number of hydrogen-bond donors (Lipinski definition) is 1. The molecule has 1 saturated heterocycles. The lowest BCUT2D eigenvalue weighted by Gasteiger charge is -2.42. The molecule has 33 heavy (non-hydrogen) atoms. The number of hydrogen-bond acceptors (Lipinski definition) is 4. The van der Waals surface area contributed by atoms with E-state index in [2.05, 4.69) is 27.4 Å². The van der Waals surface area contributed by atoms with Crippen LogP contribution in [0.5, 0.6) is 0 Å². The fourth-order valence-corrected chi connectivity index (χ4v) is 4.63. The molecule has 0 unspecified atom stereocenters. The summed E-state index contributed by atoms with van der Waals surface area (Å²) < 4.78 is 0. The van der Waals surface area contributed by atoms with Crippen LogP contribution in [0.1, 0.15) is 42.7 Å². The first-order valence-electron chi connectivity index (χ1n) is 11.5. The van der Waals surface area contributed by atoms with Gasteiger partial charge in [0.2, 0.25) is 5.91 Å². The van der Waals surface area contributed by atoms with Crippen LogP contribution < -0.4 is 5.32 Å². The maximum absolute atomic E-state index is 13.6. The van der Waals surface area contributed by atoms with Crippen molar-refractivity contribution in [2.45, 2.75) is 39.2 Å². The van der Waals surface area contributed by atoms with Crippen molar-refractivity contribution < 1.29 is 9.59 Å². The van der Waals surface area contributed by atoms with Gasteiger partial charge in [-0.05, 0) is 74.1 Å². The third-order valence-corrected chi connectivity index (χ3v) is 6.19. The van der Waals surface area contributed by atoms with Crippen LogP contribution in [-0.2, 0) is 11.2 Å². The van der Waals surface area contributed by atoms with E-state index in [-0.39, 0.29) is 17.9 Å². The molecule has 1 aliphatic rings. The number of nitrogens with one attached hydrogen (secondary N) is 1. The number of carbonyl (C=O) groups is 2. The van der Waals surface area contributed by atoms with E-state index in [0.717, 1.165) is 29.5 Å². The van der Waals surface area contributed by atoms with E-state index >= 15 is 0 Å². The smallest absolute Gasteiger partial charge is 0.272 e. The van der Waals surface area contributed by atoms with Crippen LogP contribution >= 0.6 is 0 Å². The van der Waals surface area contributed by atoms with Gasteiger partial charge >= 0.3 is 0 Å². The van der Waals surface area contributed by atoms with Gasteiger partial charge in [0.15, 0.2) is 0 Å². The molecule has 4 rings (SSSR count). The molecule has 1 aromatic carbocycles. The first-order valence-corrected chi connectivity index (χ1v) is 11.5. The molecule has 6 heteroatoms. The Morgan fingerprint density at radius 3 is 2.52 bits per heavy atom. The summed E-state index contributed by atoms with van der Waals surface area (Å²) >= 11 is 0. The maximum atomic E-state index is 13.6. The van der Waals surface area contributed by atoms with Gasteiger partial charge in [0.05, 0.1) is 5.41 Å². The largest absolute Gasteiger partial charge is 0.353 e. The van der Waals surface area contributed by atoms with Crippen LogP contribution in [0.4, 0.5) is 0 Å². The second kappa shape index (κ2) is 9.94. The number of rotatable bonds is 6. The summed E-state index contributed by atoms with van der Waals surface area (Å²) in [5.41, 5.74) is 2.95. The van der Waals surface area contributed by atoms with Crippen molar-refractivity contribution in [3.63, 3.8) is 0 Å². The van der Waals surface area contributed by atoms with E-state index in [9.17, 15) is 9.59 Å². The highest BCUT2D eigenvalue weighted by molar-refractivity contribution is 5.93. The second-order valence-corrected chi connectivity index (χ2v) is 9.02. The van der Waals surface area contributed by atoms with Crippen LogP contribution in [0.3, 0.4) is 0 Å². The molecule has 3 aromatic rings. The Morgan fingerprint density at radius 2 is 1.79 bits per heavy atom. The zero-order valence-electron chi connectivity index (χ0n) is 19.2. The molecule has 0 aliphatic carbocycles. The lowest BCUT2D eigenvalue weighted by atomic mass is 9.73. The van der Waals surface area contributed by atoms with Gasteiger partial charge in [0.25, 0.3) is 5.91 Å². The molecule has 6 nitrogen and oxygen atoms in total. The molecular weight excluding hydrogens is 412 g/mol. The molecular formula is C27H30N4O2. The molecule has 0 radical (unpaired) electrons. The van der Waals surface area contributed by atoms with Gasteiger partial charge in [-0.1, -0.05) is 30.3 Å². The van der Waals surface area contributed by atoms with Gasteiger partial charge in [-0.3, -0.25) is 19.6 Å². The Morgan fingerprint density at radius 1 is 1.03 bits per heavy atom. The average molecular weight is 443 g/mol. The van der Waals surface area contributed by atoms with Gasteiger partial charge in [-0.25, -0.2) is 0 Å². The number of amides is 2. The average Bonchev–Trinajstić information content (AvgIpc) is 2.85. The van der Waals surface area contributed by atoms with Crippen LogP contribution in [0.25, 0.3) is 11.1 Å². The number of nitrogens with zero attached hydrogens (tertiary/aromatic N) is 3. The zero-order chi connectivity index (χ0) is 23.3. The third-order valence-electron chi connectivity index (χ3n) is 6.19. The maximum Gasteiger partial charge on any atom is 0.272 e. The van der Waals surface area contributed by atoms with E-state index in [1.807, 2.05) is 44.2 Å². The van der Waals surface area contributed by atoms with E-state index < -0.39 is 5.41 Å². The summed E-state index contributed by atoms with van der Waals surface area (Å²) in [6.45, 7) is 4.93. The standard InChI is InChI=1S/C27H30N4O2/c1-20(2)30-26(33)27(13-7-17-31(19-27)25(32)24-10-5-6-14-29-24)18-22-8-3-4-9-23(22)21-11-15-28-16-12-21/h3-6,8-12,14-16,20H,7,13,17-19H2,1-2H3,(H,30,33)/t27-/m1/s1. The number of aromatic nitrogens is 2. The Bertz CT molecular complexity index is 1100. The normalized spacial score (nSPS) is 18.2. The number of likely N-dealkylation sites (tertiary alicyclic amines) is 1. The molecule has 3 heterocycles. The summed E-state index contributed by atoms with van der Waals surface area (Å²) in [5.74, 6) is -0.125. The number of pyridine rings is 2. The monoisotopic (exact) mass is 442 g/mol. The van der Waals surface area contributed by atoms with E-state index in [0.29, 0.717) is 25.2 Å². The SMILES string of the molecule is CC(C)NC(=O)[C@@]1(Cc2ccccc2-c2ccncc2)CCCN(C(=O)c2ccccn2)C1. The minimum absolute atomic E-state index is 0.000511. The summed E-state index contributed by atoms with van der Waals surface area (Å²) in [5, 5.41) is 3.13. The van der Waals surface area contributed by atoms with Crippen LogP contribution in [0.2, 0.25) is 0 Å². The number of piperidine rings is 1. The van der Waals surface area contributed by atoms with Gasteiger partial charge in [-0.15, -0.1) is 0 Å². The molecule has 0 bridgehead atoms. The molecule has 2 amide bonds. The van der Waals surface area contributed by atoms with Crippen molar-refractivity contribution in [1.29, 1.82) is 0 Å². The zero-order valence-corrected chi connectivity index (χ0v) is 19.2. The Labute approximate surface area is 195 Å². The molecule has 0 saturated carbocycles. The molecule has 1 aliphatic heterocycles. The summed E-state index contributed by atoms with van der Waals surface area (Å²) in [6.07, 6.45) is 7.23. The Balaban J connectivity index is 1.69. The summed E-state index contributed by atoms with van der Waals surface area (Å²) in [7, 11) is 0. The van der Waals surface area contributed by atoms with Crippen molar-refractivity contribution in [1.82, 2.24) is 20.2 Å². The highest BCUT2D eigenvalue weighted by Crippen LogP contribution is 2.37.